The van der Waals surface area contributed by atoms with Gasteiger partial charge in [-0.25, -0.2) is 4.98 Å². The molecule has 3 rings (SSSR count). The molecule has 0 aliphatic carbocycles. The summed E-state index contributed by atoms with van der Waals surface area (Å²) in [6, 6.07) is 18.0. The molecule has 1 N–H and O–H groups in total. The molecule has 2 aromatic carbocycles. The van der Waals surface area contributed by atoms with Crippen molar-refractivity contribution in [1.82, 2.24) is 4.98 Å². The van der Waals surface area contributed by atoms with Gasteiger partial charge in [-0.15, -0.1) is 0 Å². The van der Waals surface area contributed by atoms with Gasteiger partial charge in [0.05, 0.1) is 11.6 Å². The quantitative estimate of drug-likeness (QED) is 0.800. The minimum absolute atomic E-state index is 0.149. The molecule has 0 aliphatic rings. The summed E-state index contributed by atoms with van der Waals surface area (Å²) in [6.45, 7) is 0. The lowest BCUT2D eigenvalue weighted by molar-refractivity contribution is 0.0997. The number of aromatic nitrogens is 1. The predicted octanol–water partition coefficient (Wildman–Crippen LogP) is 3.47. The molecule has 3 aromatic rings. The molecule has 0 atom stereocenters. The van der Waals surface area contributed by atoms with Crippen LogP contribution >= 0.6 is 0 Å². The number of hydrogen-bond acceptors (Lipinski definition) is 4. The highest BCUT2D eigenvalue weighted by molar-refractivity contribution is 6.05. The third-order valence-electron chi connectivity index (χ3n) is 3.09. The van der Waals surface area contributed by atoms with Gasteiger partial charge in [0, 0.05) is 11.3 Å². The number of carbonyl (C=O) groups is 1. The maximum Gasteiger partial charge on any atom is 0.293 e. The van der Waals surface area contributed by atoms with Crippen molar-refractivity contribution in [3.05, 3.63) is 72.3 Å². The van der Waals surface area contributed by atoms with Crippen molar-refractivity contribution in [2.24, 2.45) is 0 Å². The molecule has 1 aromatic heterocycles. The lowest BCUT2D eigenvalue weighted by atomic mass is 10.1. The number of nitrogens with one attached hydrogen (secondary N) is 1. The van der Waals surface area contributed by atoms with E-state index in [-0.39, 0.29) is 11.7 Å². The molecule has 0 spiro atoms. The average molecular weight is 289 g/mol. The van der Waals surface area contributed by atoms with E-state index in [0.29, 0.717) is 16.9 Å². The monoisotopic (exact) mass is 289 g/mol. The number of nitrogens with zero attached hydrogens (tertiary/aromatic N) is 2. The number of benzene rings is 2. The van der Waals surface area contributed by atoms with Crippen molar-refractivity contribution in [3.8, 4) is 17.3 Å². The van der Waals surface area contributed by atoms with E-state index < -0.39 is 0 Å². The number of rotatable bonds is 3. The molecular weight excluding hydrogens is 278 g/mol. The van der Waals surface area contributed by atoms with Crippen LogP contribution in [0, 0.1) is 11.3 Å². The van der Waals surface area contributed by atoms with Crippen molar-refractivity contribution in [3.63, 3.8) is 0 Å². The third kappa shape index (κ3) is 2.72. The normalized spacial score (nSPS) is 9.95. The van der Waals surface area contributed by atoms with Gasteiger partial charge in [-0.3, -0.25) is 4.79 Å². The number of hydrogen-bond donors (Lipinski definition) is 1. The predicted molar refractivity (Wildman–Crippen MR) is 81.0 cm³/mol. The summed E-state index contributed by atoms with van der Waals surface area (Å²) in [5, 5.41) is 11.5. The third-order valence-corrected chi connectivity index (χ3v) is 3.09. The highest BCUT2D eigenvalue weighted by atomic mass is 16.3. The summed E-state index contributed by atoms with van der Waals surface area (Å²) in [5.41, 5.74) is 2.41. The first-order valence-electron chi connectivity index (χ1n) is 6.58. The van der Waals surface area contributed by atoms with Gasteiger partial charge in [0.1, 0.15) is 5.69 Å². The fourth-order valence-corrected chi connectivity index (χ4v) is 2.02. The second kappa shape index (κ2) is 5.94. The second-order valence-electron chi connectivity index (χ2n) is 4.54. The van der Waals surface area contributed by atoms with Crippen LogP contribution in [0.1, 0.15) is 16.1 Å². The van der Waals surface area contributed by atoms with Gasteiger partial charge in [-0.05, 0) is 24.3 Å². The Hall–Kier alpha value is -3.39. The number of anilines is 1. The highest BCUT2D eigenvalue weighted by Crippen LogP contribution is 2.22. The molecule has 0 saturated heterocycles. The summed E-state index contributed by atoms with van der Waals surface area (Å²) in [7, 11) is 0. The molecule has 22 heavy (non-hydrogen) atoms. The van der Waals surface area contributed by atoms with Crippen molar-refractivity contribution >= 4 is 11.6 Å². The first-order valence-corrected chi connectivity index (χ1v) is 6.58. The van der Waals surface area contributed by atoms with Gasteiger partial charge < -0.3 is 9.73 Å². The summed E-state index contributed by atoms with van der Waals surface area (Å²) in [6.07, 6.45) is 1.25. The zero-order chi connectivity index (χ0) is 15.4. The molecular formula is C17H11N3O2. The molecule has 0 bridgehead atoms. The van der Waals surface area contributed by atoms with Crippen LogP contribution < -0.4 is 5.32 Å². The minimum Gasteiger partial charge on any atom is -0.438 e. The molecule has 0 unspecified atom stereocenters. The van der Waals surface area contributed by atoms with Crippen molar-refractivity contribution in [1.29, 1.82) is 5.26 Å². The van der Waals surface area contributed by atoms with Crippen LogP contribution in [0.5, 0.6) is 0 Å². The van der Waals surface area contributed by atoms with Gasteiger partial charge in [-0.1, -0.05) is 30.3 Å². The molecule has 0 radical (unpaired) electrons. The fourth-order valence-electron chi connectivity index (χ4n) is 2.02. The molecule has 0 saturated carbocycles. The minimum atomic E-state index is -0.388. The van der Waals surface area contributed by atoms with Gasteiger partial charge in [0.15, 0.2) is 6.39 Å². The summed E-state index contributed by atoms with van der Waals surface area (Å²) in [5.74, 6) is -0.239. The van der Waals surface area contributed by atoms with Crippen LogP contribution in [-0.4, -0.2) is 10.9 Å². The number of amides is 1. The van der Waals surface area contributed by atoms with E-state index in [0.717, 1.165) is 5.56 Å². The maximum atomic E-state index is 12.3. The Labute approximate surface area is 126 Å². The number of carbonyl (C=O) groups excluding carboxylic acids is 1. The summed E-state index contributed by atoms with van der Waals surface area (Å²) in [4.78, 5) is 16.4. The standard InChI is InChI=1S/C17H11N3O2/c18-10-12-6-8-14(9-7-12)20-17(21)16-15(19-11-22-16)13-4-2-1-3-5-13/h1-9,11H,(H,20,21). The molecule has 106 valence electrons. The lowest BCUT2D eigenvalue weighted by Crippen LogP contribution is -2.12. The molecule has 0 fully saturated rings. The van der Waals surface area contributed by atoms with Crippen LogP contribution in [0.2, 0.25) is 0 Å². The molecule has 1 amide bonds. The van der Waals surface area contributed by atoms with E-state index >= 15 is 0 Å². The Balaban J connectivity index is 1.84. The maximum absolute atomic E-state index is 12.3. The van der Waals surface area contributed by atoms with Crippen molar-refractivity contribution < 1.29 is 9.21 Å². The summed E-state index contributed by atoms with van der Waals surface area (Å²) < 4.78 is 5.22. The average Bonchev–Trinajstić information content (AvgIpc) is 3.06. The molecule has 5 heteroatoms. The Bertz CT molecular complexity index is 830. The molecule has 5 nitrogen and oxygen atoms in total. The van der Waals surface area contributed by atoms with Gasteiger partial charge in [-0.2, -0.15) is 5.26 Å². The van der Waals surface area contributed by atoms with E-state index in [1.54, 1.807) is 24.3 Å². The van der Waals surface area contributed by atoms with E-state index in [4.69, 9.17) is 9.68 Å². The Morgan fingerprint density at radius 1 is 1.09 bits per heavy atom. The van der Waals surface area contributed by atoms with E-state index in [2.05, 4.69) is 10.3 Å². The Kier molecular flexibility index (Phi) is 3.67. The van der Waals surface area contributed by atoms with Crippen molar-refractivity contribution in [2.75, 3.05) is 5.32 Å². The van der Waals surface area contributed by atoms with Gasteiger partial charge in [0.25, 0.3) is 5.91 Å². The van der Waals surface area contributed by atoms with E-state index in [1.807, 2.05) is 36.4 Å². The summed E-state index contributed by atoms with van der Waals surface area (Å²) >= 11 is 0. The molecule has 1 heterocycles. The zero-order valence-corrected chi connectivity index (χ0v) is 11.5. The van der Waals surface area contributed by atoms with Gasteiger partial charge in [0.2, 0.25) is 5.76 Å². The van der Waals surface area contributed by atoms with E-state index in [9.17, 15) is 4.79 Å². The number of oxazole rings is 1. The van der Waals surface area contributed by atoms with Crippen LogP contribution in [0.25, 0.3) is 11.3 Å². The highest BCUT2D eigenvalue weighted by Gasteiger charge is 2.18. The second-order valence-corrected chi connectivity index (χ2v) is 4.54. The first kappa shape index (κ1) is 13.6. The van der Waals surface area contributed by atoms with Crippen LogP contribution in [0.15, 0.2) is 65.4 Å². The molecule has 0 aliphatic heterocycles. The van der Waals surface area contributed by atoms with Crippen LogP contribution in [-0.2, 0) is 0 Å². The van der Waals surface area contributed by atoms with Crippen LogP contribution in [0.3, 0.4) is 0 Å². The van der Waals surface area contributed by atoms with E-state index in [1.165, 1.54) is 6.39 Å². The lowest BCUT2D eigenvalue weighted by Gasteiger charge is -2.04. The smallest absolute Gasteiger partial charge is 0.293 e. The van der Waals surface area contributed by atoms with Gasteiger partial charge >= 0.3 is 0 Å². The van der Waals surface area contributed by atoms with Crippen molar-refractivity contribution in [2.45, 2.75) is 0 Å². The fraction of sp³-hybridized carbons (Fsp3) is 0. The SMILES string of the molecule is N#Cc1ccc(NC(=O)c2ocnc2-c2ccccc2)cc1. The largest absolute Gasteiger partial charge is 0.438 e. The topological polar surface area (TPSA) is 78.9 Å². The Morgan fingerprint density at radius 3 is 2.50 bits per heavy atom. The zero-order valence-electron chi connectivity index (χ0n) is 11.5. The van der Waals surface area contributed by atoms with Crippen LogP contribution in [0.4, 0.5) is 5.69 Å². The Morgan fingerprint density at radius 2 is 1.82 bits per heavy atom. The first-order chi connectivity index (χ1) is 10.8. The number of nitriles is 1.